The van der Waals surface area contributed by atoms with Crippen molar-refractivity contribution in [2.24, 2.45) is 0 Å². The number of hydrogen-bond acceptors (Lipinski definition) is 3. The molecule has 9 aromatic carbocycles. The van der Waals surface area contributed by atoms with Crippen LogP contribution >= 0.6 is 6.04 Å². The molecule has 0 radical (unpaired) electrons. The van der Waals surface area contributed by atoms with Gasteiger partial charge in [-0.1, -0.05) is 205 Å². The Kier molecular flexibility index (Phi) is 8.40. The van der Waals surface area contributed by atoms with Crippen LogP contribution < -0.4 is 46.3 Å². The molecule has 62 heavy (non-hydrogen) atoms. The fourth-order valence-corrected chi connectivity index (χ4v) is 22.6. The van der Waals surface area contributed by atoms with E-state index in [0.717, 1.165) is 39.7 Å². The monoisotopic (exact) mass is 847 g/mol. The largest absolute Gasteiger partial charge is 0.457 e. The minimum Gasteiger partial charge on any atom is -0.457 e. The number of hydrogen-bond donors (Lipinski definition) is 0. The fourth-order valence-electron chi connectivity index (χ4n) is 11.1. The van der Waals surface area contributed by atoms with Crippen molar-refractivity contribution in [1.29, 1.82) is 0 Å². The summed E-state index contributed by atoms with van der Waals surface area (Å²) < 4.78 is 6.75. The molecular weight excluding hydrogens is 806 g/mol. The van der Waals surface area contributed by atoms with Crippen LogP contribution in [0, 0.1) is 13.8 Å². The van der Waals surface area contributed by atoms with Gasteiger partial charge in [0.25, 0.3) is 0 Å². The molecule has 5 heteroatoms. The second-order valence-electron chi connectivity index (χ2n) is 16.9. The van der Waals surface area contributed by atoms with Crippen LogP contribution in [-0.2, 0) is 17.2 Å². The van der Waals surface area contributed by atoms with Gasteiger partial charge in [0.2, 0.25) is 0 Å². The van der Waals surface area contributed by atoms with Crippen molar-refractivity contribution in [2.45, 2.75) is 19.3 Å². The summed E-state index contributed by atoms with van der Waals surface area (Å²) in [5, 5.41) is 9.27. The molecule has 12 rings (SSSR count). The Morgan fingerprint density at radius 3 is 1.52 bits per heavy atom. The Morgan fingerprint density at radius 1 is 0.452 bits per heavy atom. The van der Waals surface area contributed by atoms with E-state index in [1.54, 1.807) is 0 Å². The van der Waals surface area contributed by atoms with Crippen molar-refractivity contribution < 1.29 is 4.74 Å². The molecule has 1 atom stereocenters. The smallest absolute Gasteiger partial charge is 0.181 e. The third kappa shape index (κ3) is 5.00. The lowest BCUT2D eigenvalue weighted by Crippen LogP contribution is -2.81. The molecule has 3 heterocycles. The molecule has 2 nitrogen and oxygen atoms in total. The molecule has 0 fully saturated rings. The molecule has 0 saturated heterocycles. The SMILES string of the molecule is Cc1ccc2c(c1)C1(c3ccccc3Oc3ccccc31)c1cc(C)ccc1N2c1ccc2c(c1)[Si](c1ccccc1)(c1ccccc1)c1ccccc1P2(=S)c1ccccc1. The summed E-state index contributed by atoms with van der Waals surface area (Å²) >= 11 is 7.25. The summed E-state index contributed by atoms with van der Waals surface area (Å²) in [5.41, 5.74) is 10.0. The minimum atomic E-state index is -3.01. The normalized spacial score (nSPS) is 17.0. The molecule has 0 amide bonds. The highest BCUT2D eigenvalue weighted by Gasteiger charge is 2.54. The van der Waals surface area contributed by atoms with E-state index in [9.17, 15) is 0 Å². The Morgan fingerprint density at radius 2 is 0.935 bits per heavy atom. The maximum Gasteiger partial charge on any atom is 0.181 e. The first kappa shape index (κ1) is 37.2. The quantitative estimate of drug-likeness (QED) is 0.129. The summed E-state index contributed by atoms with van der Waals surface area (Å²) in [6, 6.07) is 78.9. The number of aryl methyl sites for hydroxylation is 2. The predicted molar refractivity (Wildman–Crippen MR) is 266 cm³/mol. The van der Waals surface area contributed by atoms with E-state index in [0.29, 0.717) is 0 Å². The summed E-state index contributed by atoms with van der Waals surface area (Å²) in [7, 11) is -3.01. The van der Waals surface area contributed by atoms with Gasteiger partial charge in [-0.15, -0.1) is 0 Å². The van der Waals surface area contributed by atoms with Crippen molar-refractivity contribution >= 4 is 79.6 Å². The average Bonchev–Trinajstić information content (AvgIpc) is 3.33. The highest BCUT2D eigenvalue weighted by Crippen LogP contribution is 2.63. The molecule has 3 aliphatic heterocycles. The van der Waals surface area contributed by atoms with Gasteiger partial charge in [0.05, 0.1) is 16.8 Å². The van der Waals surface area contributed by atoms with E-state index in [4.69, 9.17) is 16.5 Å². The lowest BCUT2D eigenvalue weighted by atomic mass is 9.61. The molecule has 1 unspecified atom stereocenters. The third-order valence-electron chi connectivity index (χ3n) is 13.6. The van der Waals surface area contributed by atoms with E-state index in [1.165, 1.54) is 58.9 Å². The number of benzene rings is 9. The topological polar surface area (TPSA) is 12.5 Å². The summed E-state index contributed by atoms with van der Waals surface area (Å²) in [6.07, 6.45) is 0. The number of rotatable bonds is 4. The molecule has 0 N–H and O–H groups in total. The molecule has 296 valence electrons. The van der Waals surface area contributed by atoms with Gasteiger partial charge in [0, 0.05) is 22.9 Å². The van der Waals surface area contributed by atoms with Gasteiger partial charge in [0.1, 0.15) is 11.5 Å². The van der Waals surface area contributed by atoms with Crippen molar-refractivity contribution in [1.82, 2.24) is 0 Å². The van der Waals surface area contributed by atoms with E-state index >= 15 is 0 Å². The van der Waals surface area contributed by atoms with Gasteiger partial charge in [-0.25, -0.2) is 0 Å². The van der Waals surface area contributed by atoms with Crippen molar-refractivity contribution in [3.05, 3.63) is 252 Å². The standard InChI is InChI=1S/C57H42NOPSSi/c1-39-30-33-49-47(36-39)57(45-24-12-14-26-51(45)59-52-27-15-13-25-46(52)57)48-37-40(2)31-34-50(48)58(49)41-32-35-54-56(38-41)62(43-20-8-4-9-21-43,44-22-10-5-11-23-44)55-29-17-16-28-53(55)60(54,61)42-18-6-3-7-19-42/h3-38H,1-2H3. The van der Waals surface area contributed by atoms with E-state index < -0.39 is 19.5 Å². The maximum atomic E-state index is 7.25. The van der Waals surface area contributed by atoms with Crippen molar-refractivity contribution in [3.63, 3.8) is 0 Å². The van der Waals surface area contributed by atoms with Gasteiger partial charge in [-0.05, 0) is 98.0 Å². The summed E-state index contributed by atoms with van der Waals surface area (Å²) in [4.78, 5) is 2.54. The Hall–Kier alpha value is -6.55. The number of fused-ring (bicyclic) bond motifs is 10. The summed E-state index contributed by atoms with van der Waals surface area (Å²) in [5.74, 6) is 1.78. The highest BCUT2D eigenvalue weighted by molar-refractivity contribution is 8.26. The van der Waals surface area contributed by atoms with E-state index in [1.807, 2.05) is 0 Å². The zero-order valence-corrected chi connectivity index (χ0v) is 37.2. The van der Waals surface area contributed by atoms with Gasteiger partial charge in [0.15, 0.2) is 8.07 Å². The highest BCUT2D eigenvalue weighted by atomic mass is 32.4. The van der Waals surface area contributed by atoms with Gasteiger partial charge >= 0.3 is 0 Å². The maximum absolute atomic E-state index is 7.25. The first-order valence-electron chi connectivity index (χ1n) is 21.4. The molecule has 3 aliphatic rings. The van der Waals surface area contributed by atoms with Crippen LogP contribution in [0.2, 0.25) is 0 Å². The number of ether oxygens (including phenoxy) is 1. The van der Waals surface area contributed by atoms with Crippen LogP contribution in [0.1, 0.15) is 33.4 Å². The lowest BCUT2D eigenvalue weighted by molar-refractivity contribution is 0.434. The van der Waals surface area contributed by atoms with Gasteiger partial charge < -0.3 is 9.64 Å². The number of anilines is 3. The second-order valence-corrected chi connectivity index (χ2v) is 24.9. The van der Waals surface area contributed by atoms with Crippen LogP contribution in [0.4, 0.5) is 17.1 Å². The van der Waals surface area contributed by atoms with Crippen LogP contribution in [0.3, 0.4) is 0 Å². The molecule has 0 aromatic heterocycles. The molecule has 1 spiro atoms. The molecule has 0 saturated carbocycles. The molecule has 9 aromatic rings. The second kappa shape index (κ2) is 14.0. The first-order chi connectivity index (χ1) is 30.4. The Labute approximate surface area is 369 Å². The lowest BCUT2D eigenvalue weighted by Gasteiger charge is -2.49. The molecular formula is C57H42NOPSSi. The predicted octanol–water partition coefficient (Wildman–Crippen LogP) is 10.0. The van der Waals surface area contributed by atoms with Gasteiger partial charge in [-0.3, -0.25) is 0 Å². The first-order valence-corrected chi connectivity index (χ1v) is 26.2. The van der Waals surface area contributed by atoms with Gasteiger partial charge in [-0.2, -0.15) is 0 Å². The summed E-state index contributed by atoms with van der Waals surface area (Å²) in [6.45, 7) is 4.43. The van der Waals surface area contributed by atoms with Crippen molar-refractivity contribution in [3.8, 4) is 11.5 Å². The molecule has 0 aliphatic carbocycles. The van der Waals surface area contributed by atoms with Crippen molar-refractivity contribution in [2.75, 3.05) is 4.90 Å². The van der Waals surface area contributed by atoms with Crippen LogP contribution in [0.25, 0.3) is 0 Å². The fraction of sp³-hybridized carbons (Fsp3) is 0.0526. The molecule has 0 bridgehead atoms. The zero-order valence-electron chi connectivity index (χ0n) is 34.5. The van der Waals surface area contributed by atoms with Crippen LogP contribution in [0.15, 0.2) is 218 Å². The third-order valence-corrected chi connectivity index (χ3v) is 23.8. The Balaban J connectivity index is 1.21. The van der Waals surface area contributed by atoms with E-state index in [-0.39, 0.29) is 0 Å². The van der Waals surface area contributed by atoms with E-state index in [2.05, 4.69) is 237 Å². The van der Waals surface area contributed by atoms with Crippen LogP contribution in [-0.4, -0.2) is 8.07 Å². The zero-order chi connectivity index (χ0) is 41.6. The average molecular weight is 848 g/mol. The number of para-hydroxylation sites is 2. The minimum absolute atomic E-state index is 0.626. The van der Waals surface area contributed by atoms with Crippen LogP contribution in [0.5, 0.6) is 11.5 Å². The Bertz CT molecular complexity index is 3150. The number of nitrogens with zero attached hydrogens (tertiary/aromatic N) is 1.